The van der Waals surface area contributed by atoms with Crippen molar-refractivity contribution in [1.82, 2.24) is 5.32 Å². The predicted octanol–water partition coefficient (Wildman–Crippen LogP) is 4.76. The monoisotopic (exact) mass is 357 g/mol. The first-order chi connectivity index (χ1) is 10.0. The van der Waals surface area contributed by atoms with E-state index in [-0.39, 0.29) is 23.8 Å². The summed E-state index contributed by atoms with van der Waals surface area (Å²) < 4.78 is 41.2. The molecular formula is C16H15BrF3N. The first-order valence-electron chi connectivity index (χ1n) is 6.64. The molecule has 2 rings (SSSR count). The van der Waals surface area contributed by atoms with Crippen LogP contribution in [0.2, 0.25) is 0 Å². The van der Waals surface area contributed by atoms with Crippen molar-refractivity contribution < 1.29 is 13.2 Å². The van der Waals surface area contributed by atoms with E-state index >= 15 is 0 Å². The number of rotatable bonds is 5. The first-order valence-corrected chi connectivity index (χ1v) is 7.43. The number of nitrogens with one attached hydrogen (secondary N) is 1. The summed E-state index contributed by atoms with van der Waals surface area (Å²) in [5.74, 6) is -1.51. The summed E-state index contributed by atoms with van der Waals surface area (Å²) in [6.45, 7) is 2.54. The van der Waals surface area contributed by atoms with Gasteiger partial charge in [0.1, 0.15) is 17.5 Å². The van der Waals surface area contributed by atoms with Crippen LogP contribution in [0.3, 0.4) is 0 Å². The van der Waals surface area contributed by atoms with Crippen molar-refractivity contribution in [3.05, 3.63) is 69.4 Å². The van der Waals surface area contributed by atoms with Gasteiger partial charge in [-0.3, -0.25) is 0 Å². The molecule has 0 heterocycles. The lowest BCUT2D eigenvalue weighted by atomic mass is 9.98. The molecule has 1 unspecified atom stereocenters. The van der Waals surface area contributed by atoms with Gasteiger partial charge in [0.15, 0.2) is 0 Å². The Morgan fingerprint density at radius 1 is 1.05 bits per heavy atom. The Kier molecular flexibility index (Phi) is 5.42. The van der Waals surface area contributed by atoms with E-state index in [2.05, 4.69) is 21.2 Å². The molecule has 2 aromatic carbocycles. The highest BCUT2D eigenvalue weighted by Crippen LogP contribution is 2.25. The molecule has 0 radical (unpaired) electrons. The fraction of sp³-hybridized carbons (Fsp3) is 0.250. The maximum absolute atomic E-state index is 13.8. The molecule has 1 nitrogen and oxygen atoms in total. The SMILES string of the molecule is CCNC(Cc1c(F)cccc1F)c1ccc(F)c(Br)c1. The summed E-state index contributed by atoms with van der Waals surface area (Å²) in [5.41, 5.74) is 0.802. The van der Waals surface area contributed by atoms with Crippen LogP contribution in [0, 0.1) is 17.5 Å². The Morgan fingerprint density at radius 3 is 2.29 bits per heavy atom. The molecule has 1 N–H and O–H groups in total. The Bertz CT molecular complexity index is 611. The van der Waals surface area contributed by atoms with Gasteiger partial charge in [0, 0.05) is 11.6 Å². The Hall–Kier alpha value is -1.33. The number of hydrogen-bond acceptors (Lipinski definition) is 1. The highest BCUT2D eigenvalue weighted by atomic mass is 79.9. The van der Waals surface area contributed by atoms with Crippen LogP contribution in [-0.4, -0.2) is 6.54 Å². The van der Waals surface area contributed by atoms with Crippen LogP contribution < -0.4 is 5.32 Å². The quantitative estimate of drug-likeness (QED) is 0.813. The molecule has 0 amide bonds. The second-order valence-electron chi connectivity index (χ2n) is 4.69. The van der Waals surface area contributed by atoms with Gasteiger partial charge in [-0.15, -0.1) is 0 Å². The van der Waals surface area contributed by atoms with E-state index in [1.165, 1.54) is 24.3 Å². The van der Waals surface area contributed by atoms with E-state index in [1.54, 1.807) is 12.1 Å². The fourth-order valence-electron chi connectivity index (χ4n) is 2.21. The third kappa shape index (κ3) is 3.86. The topological polar surface area (TPSA) is 12.0 Å². The molecule has 21 heavy (non-hydrogen) atoms. The molecule has 0 aromatic heterocycles. The number of likely N-dealkylation sites (N-methyl/N-ethyl adjacent to an activating group) is 1. The minimum Gasteiger partial charge on any atom is -0.310 e. The molecule has 0 spiro atoms. The summed E-state index contributed by atoms with van der Waals surface area (Å²) in [7, 11) is 0. The summed E-state index contributed by atoms with van der Waals surface area (Å²) >= 11 is 3.13. The van der Waals surface area contributed by atoms with E-state index in [9.17, 15) is 13.2 Å². The molecule has 0 saturated carbocycles. The number of benzene rings is 2. The minimum absolute atomic E-state index is 0.0314. The van der Waals surface area contributed by atoms with Gasteiger partial charge < -0.3 is 5.32 Å². The highest BCUT2D eigenvalue weighted by molar-refractivity contribution is 9.10. The third-order valence-electron chi connectivity index (χ3n) is 3.27. The van der Waals surface area contributed by atoms with Crippen LogP contribution in [0.1, 0.15) is 24.1 Å². The third-order valence-corrected chi connectivity index (χ3v) is 3.87. The molecular weight excluding hydrogens is 343 g/mol. The van der Waals surface area contributed by atoms with E-state index in [4.69, 9.17) is 0 Å². The van der Waals surface area contributed by atoms with Gasteiger partial charge >= 0.3 is 0 Å². The smallest absolute Gasteiger partial charge is 0.137 e. The lowest BCUT2D eigenvalue weighted by molar-refractivity contribution is 0.498. The van der Waals surface area contributed by atoms with Gasteiger partial charge in [-0.05, 0) is 58.7 Å². The van der Waals surface area contributed by atoms with Crippen molar-refractivity contribution in [1.29, 1.82) is 0 Å². The maximum atomic E-state index is 13.8. The van der Waals surface area contributed by atoms with Crippen molar-refractivity contribution in [3.63, 3.8) is 0 Å². The largest absolute Gasteiger partial charge is 0.310 e. The first kappa shape index (κ1) is 16.0. The standard InChI is InChI=1S/C16H15BrF3N/c1-2-21-16(10-6-7-15(20)12(17)8-10)9-11-13(18)4-3-5-14(11)19/h3-8,16,21H,2,9H2,1H3. The van der Waals surface area contributed by atoms with Crippen molar-refractivity contribution in [2.24, 2.45) is 0 Å². The van der Waals surface area contributed by atoms with E-state index < -0.39 is 11.6 Å². The molecule has 5 heteroatoms. The highest BCUT2D eigenvalue weighted by Gasteiger charge is 2.17. The van der Waals surface area contributed by atoms with Crippen molar-refractivity contribution in [2.75, 3.05) is 6.54 Å². The zero-order chi connectivity index (χ0) is 15.4. The van der Waals surface area contributed by atoms with Gasteiger partial charge in [0.2, 0.25) is 0 Å². The van der Waals surface area contributed by atoms with Crippen LogP contribution in [0.15, 0.2) is 40.9 Å². The van der Waals surface area contributed by atoms with Gasteiger partial charge in [-0.25, -0.2) is 13.2 Å². The van der Waals surface area contributed by atoms with Crippen LogP contribution >= 0.6 is 15.9 Å². The predicted molar refractivity (Wildman–Crippen MR) is 80.6 cm³/mol. The van der Waals surface area contributed by atoms with Gasteiger partial charge in [-0.2, -0.15) is 0 Å². The summed E-state index contributed by atoms with van der Waals surface area (Å²) in [6.07, 6.45) is 0.157. The molecule has 0 bridgehead atoms. The second kappa shape index (κ2) is 7.09. The Morgan fingerprint density at radius 2 is 1.71 bits per heavy atom. The molecule has 2 aromatic rings. The fourth-order valence-corrected chi connectivity index (χ4v) is 2.61. The van der Waals surface area contributed by atoms with Crippen molar-refractivity contribution >= 4 is 15.9 Å². The zero-order valence-electron chi connectivity index (χ0n) is 11.5. The molecule has 0 fully saturated rings. The molecule has 0 saturated heterocycles. The maximum Gasteiger partial charge on any atom is 0.137 e. The molecule has 1 atom stereocenters. The summed E-state index contributed by atoms with van der Waals surface area (Å²) in [6, 6.07) is 8.10. The number of halogens is 4. The van der Waals surface area contributed by atoms with E-state index in [0.717, 1.165) is 5.56 Å². The Labute approximate surface area is 130 Å². The molecule has 0 aliphatic heterocycles. The van der Waals surface area contributed by atoms with Gasteiger partial charge in [0.05, 0.1) is 4.47 Å². The number of hydrogen-bond donors (Lipinski definition) is 1. The minimum atomic E-state index is -0.570. The van der Waals surface area contributed by atoms with Crippen LogP contribution in [0.25, 0.3) is 0 Å². The average molecular weight is 358 g/mol. The van der Waals surface area contributed by atoms with Crippen LogP contribution in [-0.2, 0) is 6.42 Å². The molecule has 0 aliphatic carbocycles. The van der Waals surface area contributed by atoms with Crippen molar-refractivity contribution in [3.8, 4) is 0 Å². The van der Waals surface area contributed by atoms with Crippen LogP contribution in [0.5, 0.6) is 0 Å². The molecule has 0 aliphatic rings. The summed E-state index contributed by atoms with van der Waals surface area (Å²) in [4.78, 5) is 0. The van der Waals surface area contributed by atoms with E-state index in [1.807, 2.05) is 6.92 Å². The second-order valence-corrected chi connectivity index (χ2v) is 5.54. The Balaban J connectivity index is 2.33. The summed E-state index contributed by atoms with van der Waals surface area (Å²) in [5, 5.41) is 3.17. The molecule has 112 valence electrons. The van der Waals surface area contributed by atoms with E-state index in [0.29, 0.717) is 11.0 Å². The van der Waals surface area contributed by atoms with Gasteiger partial charge in [-0.1, -0.05) is 19.1 Å². The van der Waals surface area contributed by atoms with Crippen LogP contribution in [0.4, 0.5) is 13.2 Å². The lowest BCUT2D eigenvalue weighted by Crippen LogP contribution is -2.24. The average Bonchev–Trinajstić information content (AvgIpc) is 2.45. The van der Waals surface area contributed by atoms with Gasteiger partial charge in [0.25, 0.3) is 0 Å². The zero-order valence-corrected chi connectivity index (χ0v) is 13.1. The lowest BCUT2D eigenvalue weighted by Gasteiger charge is -2.19. The normalized spacial score (nSPS) is 12.4. The van der Waals surface area contributed by atoms with Crippen molar-refractivity contribution in [2.45, 2.75) is 19.4 Å².